The van der Waals surface area contributed by atoms with Crippen LogP contribution in [0.4, 0.5) is 11.6 Å². The summed E-state index contributed by atoms with van der Waals surface area (Å²) in [6.07, 6.45) is 0. The highest BCUT2D eigenvalue weighted by Gasteiger charge is 2.04. The van der Waals surface area contributed by atoms with Crippen LogP contribution in [0.5, 0.6) is 5.75 Å². The summed E-state index contributed by atoms with van der Waals surface area (Å²) in [5, 5.41) is 20.6. The van der Waals surface area contributed by atoms with Gasteiger partial charge in [0.1, 0.15) is 11.3 Å². The Morgan fingerprint density at radius 3 is 2.39 bits per heavy atom. The highest BCUT2D eigenvalue weighted by atomic mass is 16.3. The van der Waals surface area contributed by atoms with E-state index >= 15 is 0 Å². The van der Waals surface area contributed by atoms with Gasteiger partial charge in [-0.05, 0) is 24.3 Å². The van der Waals surface area contributed by atoms with Crippen molar-refractivity contribution in [2.24, 2.45) is 0 Å². The van der Waals surface area contributed by atoms with Crippen LogP contribution in [0.1, 0.15) is 0 Å². The number of aromatic nitrogens is 3. The van der Waals surface area contributed by atoms with Gasteiger partial charge in [-0.2, -0.15) is 0 Å². The molecule has 0 amide bonds. The summed E-state index contributed by atoms with van der Waals surface area (Å²) in [6.45, 7) is 0. The van der Waals surface area contributed by atoms with Crippen LogP contribution in [0.2, 0.25) is 0 Å². The van der Waals surface area contributed by atoms with Gasteiger partial charge in [-0.15, -0.1) is 10.2 Å². The normalized spacial score (nSPS) is 10.4. The number of phenols is 1. The summed E-state index contributed by atoms with van der Waals surface area (Å²) in [5.74, 6) is 0.504. The van der Waals surface area contributed by atoms with E-state index < -0.39 is 0 Å². The molecule has 1 heterocycles. The maximum Gasteiger partial charge on any atom is 0.247 e. The zero-order valence-electron chi connectivity index (χ0n) is 9.41. The number of para-hydroxylation sites is 3. The van der Waals surface area contributed by atoms with Gasteiger partial charge in [-0.3, -0.25) is 0 Å². The van der Waals surface area contributed by atoms with Crippen molar-refractivity contribution in [2.45, 2.75) is 0 Å². The Kier molecular flexibility index (Phi) is 2.49. The van der Waals surface area contributed by atoms with E-state index in [4.69, 9.17) is 0 Å². The van der Waals surface area contributed by atoms with Crippen LogP contribution < -0.4 is 5.32 Å². The Hall–Kier alpha value is -2.69. The lowest BCUT2D eigenvalue weighted by Crippen LogP contribution is -1.99. The number of rotatable bonds is 2. The standard InChI is InChI=1S/C13H10N4O/c18-12-8-4-3-7-11(12)15-13-14-9-5-1-2-6-10(9)16-17-13/h1-8,18H,(H,14,15,17). The summed E-state index contributed by atoms with van der Waals surface area (Å²) in [7, 11) is 0. The number of fused-ring (bicyclic) bond motifs is 1. The van der Waals surface area contributed by atoms with Crippen molar-refractivity contribution in [1.29, 1.82) is 0 Å². The number of nitrogens with one attached hydrogen (secondary N) is 1. The third-order valence-electron chi connectivity index (χ3n) is 2.51. The summed E-state index contributed by atoms with van der Waals surface area (Å²) in [6, 6.07) is 14.4. The van der Waals surface area contributed by atoms with E-state index in [2.05, 4.69) is 20.5 Å². The molecule has 0 saturated carbocycles. The maximum absolute atomic E-state index is 9.65. The predicted molar refractivity (Wildman–Crippen MR) is 68.7 cm³/mol. The Morgan fingerprint density at radius 2 is 1.56 bits per heavy atom. The van der Waals surface area contributed by atoms with E-state index in [1.54, 1.807) is 18.2 Å². The molecular weight excluding hydrogens is 228 g/mol. The molecule has 5 nitrogen and oxygen atoms in total. The van der Waals surface area contributed by atoms with E-state index in [-0.39, 0.29) is 5.75 Å². The fourth-order valence-corrected chi connectivity index (χ4v) is 1.63. The SMILES string of the molecule is Oc1ccccc1Nc1nnc2ccccc2n1. The zero-order chi connectivity index (χ0) is 12.4. The maximum atomic E-state index is 9.65. The topological polar surface area (TPSA) is 70.9 Å². The molecule has 3 rings (SSSR count). The van der Waals surface area contributed by atoms with Crippen molar-refractivity contribution in [3.05, 3.63) is 48.5 Å². The van der Waals surface area contributed by atoms with Crippen LogP contribution in [-0.4, -0.2) is 20.3 Å². The van der Waals surface area contributed by atoms with Crippen molar-refractivity contribution in [3.8, 4) is 5.75 Å². The van der Waals surface area contributed by atoms with E-state index in [1.807, 2.05) is 30.3 Å². The number of aromatic hydroxyl groups is 1. The molecule has 5 heteroatoms. The first-order valence-corrected chi connectivity index (χ1v) is 5.47. The van der Waals surface area contributed by atoms with Crippen LogP contribution in [0.25, 0.3) is 11.0 Å². The second-order valence-corrected chi connectivity index (χ2v) is 3.77. The number of benzene rings is 2. The van der Waals surface area contributed by atoms with Crippen molar-refractivity contribution < 1.29 is 5.11 Å². The van der Waals surface area contributed by atoms with Crippen LogP contribution >= 0.6 is 0 Å². The van der Waals surface area contributed by atoms with Crippen LogP contribution in [0, 0.1) is 0 Å². The Labute approximate surface area is 103 Å². The van der Waals surface area contributed by atoms with Gasteiger partial charge in [0.15, 0.2) is 0 Å². The van der Waals surface area contributed by atoms with Gasteiger partial charge >= 0.3 is 0 Å². The first kappa shape index (κ1) is 10.5. The fourth-order valence-electron chi connectivity index (χ4n) is 1.63. The predicted octanol–water partition coefficient (Wildman–Crippen LogP) is 2.47. The van der Waals surface area contributed by atoms with E-state index in [1.165, 1.54) is 0 Å². The first-order valence-electron chi connectivity index (χ1n) is 5.47. The van der Waals surface area contributed by atoms with Gasteiger partial charge in [0, 0.05) is 0 Å². The van der Waals surface area contributed by atoms with Gasteiger partial charge in [0.05, 0.1) is 11.2 Å². The molecule has 2 aromatic carbocycles. The van der Waals surface area contributed by atoms with Gasteiger partial charge < -0.3 is 10.4 Å². The third kappa shape index (κ3) is 1.93. The molecule has 2 N–H and O–H groups in total. The third-order valence-corrected chi connectivity index (χ3v) is 2.51. The minimum Gasteiger partial charge on any atom is -0.506 e. The quantitative estimate of drug-likeness (QED) is 0.671. The first-order chi connectivity index (χ1) is 8.83. The van der Waals surface area contributed by atoms with Crippen LogP contribution in [0.3, 0.4) is 0 Å². The molecule has 0 aliphatic carbocycles. The summed E-state index contributed by atoms with van der Waals surface area (Å²) in [4.78, 5) is 4.32. The van der Waals surface area contributed by atoms with Crippen molar-refractivity contribution in [1.82, 2.24) is 15.2 Å². The summed E-state index contributed by atoms with van der Waals surface area (Å²) >= 11 is 0. The second kappa shape index (κ2) is 4.29. The van der Waals surface area contributed by atoms with Gasteiger partial charge in [0.25, 0.3) is 0 Å². The Morgan fingerprint density at radius 1 is 0.833 bits per heavy atom. The number of phenolic OH excluding ortho intramolecular Hbond substituents is 1. The molecule has 0 atom stereocenters. The molecule has 0 unspecified atom stereocenters. The number of nitrogens with zero attached hydrogens (tertiary/aromatic N) is 3. The lowest BCUT2D eigenvalue weighted by Gasteiger charge is -2.06. The Balaban J connectivity index is 1.98. The van der Waals surface area contributed by atoms with Gasteiger partial charge in [-0.1, -0.05) is 24.3 Å². The average Bonchev–Trinajstić information content (AvgIpc) is 2.41. The monoisotopic (exact) mass is 238 g/mol. The van der Waals surface area contributed by atoms with E-state index in [0.717, 1.165) is 11.0 Å². The minimum absolute atomic E-state index is 0.147. The largest absolute Gasteiger partial charge is 0.506 e. The van der Waals surface area contributed by atoms with Crippen molar-refractivity contribution >= 4 is 22.7 Å². The number of hydrogen-bond acceptors (Lipinski definition) is 5. The van der Waals surface area contributed by atoms with Gasteiger partial charge in [0.2, 0.25) is 5.95 Å². The Bertz CT molecular complexity index is 699. The molecular formula is C13H10N4O. The lowest BCUT2D eigenvalue weighted by atomic mass is 10.3. The molecule has 0 aliphatic rings. The second-order valence-electron chi connectivity index (χ2n) is 3.77. The van der Waals surface area contributed by atoms with Crippen LogP contribution in [0.15, 0.2) is 48.5 Å². The molecule has 1 aromatic heterocycles. The zero-order valence-corrected chi connectivity index (χ0v) is 9.41. The lowest BCUT2D eigenvalue weighted by molar-refractivity contribution is 0.477. The van der Waals surface area contributed by atoms with Gasteiger partial charge in [-0.25, -0.2) is 4.98 Å². The molecule has 88 valence electrons. The van der Waals surface area contributed by atoms with E-state index in [0.29, 0.717) is 11.6 Å². The molecule has 18 heavy (non-hydrogen) atoms. The molecule has 0 radical (unpaired) electrons. The number of anilines is 2. The molecule has 0 saturated heterocycles. The average molecular weight is 238 g/mol. The highest BCUT2D eigenvalue weighted by molar-refractivity contribution is 5.75. The number of hydrogen-bond donors (Lipinski definition) is 2. The highest BCUT2D eigenvalue weighted by Crippen LogP contribution is 2.24. The molecule has 0 bridgehead atoms. The van der Waals surface area contributed by atoms with Crippen molar-refractivity contribution in [3.63, 3.8) is 0 Å². The smallest absolute Gasteiger partial charge is 0.247 e. The molecule has 3 aromatic rings. The molecule has 0 spiro atoms. The molecule has 0 aliphatic heterocycles. The fraction of sp³-hybridized carbons (Fsp3) is 0. The molecule has 0 fully saturated rings. The van der Waals surface area contributed by atoms with E-state index in [9.17, 15) is 5.11 Å². The van der Waals surface area contributed by atoms with Crippen LogP contribution in [-0.2, 0) is 0 Å². The summed E-state index contributed by atoms with van der Waals surface area (Å²) in [5.41, 5.74) is 2.04. The minimum atomic E-state index is 0.147. The van der Waals surface area contributed by atoms with Crippen molar-refractivity contribution in [2.75, 3.05) is 5.32 Å². The summed E-state index contributed by atoms with van der Waals surface area (Å²) < 4.78 is 0.